The summed E-state index contributed by atoms with van der Waals surface area (Å²) in [7, 11) is 0. The van der Waals surface area contributed by atoms with Crippen LogP contribution in [0.1, 0.15) is 71.1 Å². The molecule has 0 aliphatic carbocycles. The summed E-state index contributed by atoms with van der Waals surface area (Å²) >= 11 is 0. The van der Waals surface area contributed by atoms with E-state index in [0.717, 1.165) is 6.42 Å². The van der Waals surface area contributed by atoms with E-state index in [1.807, 2.05) is 0 Å². The van der Waals surface area contributed by atoms with E-state index in [1.165, 1.54) is 44.9 Å². The van der Waals surface area contributed by atoms with Gasteiger partial charge in [-0.2, -0.15) is 0 Å². The minimum atomic E-state index is -0.671. The maximum Gasteiger partial charge on any atom is 0.306 e. The highest BCUT2D eigenvalue weighted by Crippen LogP contribution is 2.17. The Morgan fingerprint density at radius 3 is 2.45 bits per heavy atom. The summed E-state index contributed by atoms with van der Waals surface area (Å²) in [4.78, 5) is 10.9. The highest BCUT2D eigenvalue weighted by molar-refractivity contribution is 5.71. The van der Waals surface area contributed by atoms with Crippen molar-refractivity contribution >= 4 is 5.97 Å². The van der Waals surface area contributed by atoms with Gasteiger partial charge < -0.3 is 14.6 Å². The van der Waals surface area contributed by atoms with E-state index in [9.17, 15) is 9.90 Å². The Morgan fingerprint density at radius 1 is 1.20 bits per heavy atom. The van der Waals surface area contributed by atoms with Crippen molar-refractivity contribution in [2.24, 2.45) is 0 Å². The standard InChI is InChI=1S/C16H30O4/c1-2-3-4-5-6-7-8-9-12-19-13-14(17)15-10-11-16(18)20-15/h14-15,17H,2-13H2,1H3/t14-,15-/m1/s1. The summed E-state index contributed by atoms with van der Waals surface area (Å²) < 4.78 is 10.4. The van der Waals surface area contributed by atoms with Crippen molar-refractivity contribution in [1.82, 2.24) is 0 Å². The SMILES string of the molecule is CCCCCCCCCCOC[C@@H](O)[C@H]1CCC(=O)O1. The number of esters is 1. The number of rotatable bonds is 12. The van der Waals surface area contributed by atoms with Crippen LogP contribution in [0.3, 0.4) is 0 Å². The molecule has 1 fully saturated rings. The third kappa shape index (κ3) is 7.85. The molecule has 4 nitrogen and oxygen atoms in total. The molecule has 1 aliphatic heterocycles. The first-order valence-electron chi connectivity index (χ1n) is 8.19. The lowest BCUT2D eigenvalue weighted by molar-refractivity contribution is -0.147. The lowest BCUT2D eigenvalue weighted by Gasteiger charge is -2.16. The smallest absolute Gasteiger partial charge is 0.306 e. The van der Waals surface area contributed by atoms with E-state index in [1.54, 1.807) is 0 Å². The zero-order valence-electron chi connectivity index (χ0n) is 12.8. The molecule has 0 aromatic rings. The molecule has 1 saturated heterocycles. The summed E-state index contributed by atoms with van der Waals surface area (Å²) in [6.45, 7) is 3.19. The van der Waals surface area contributed by atoms with Crippen LogP contribution >= 0.6 is 0 Å². The van der Waals surface area contributed by atoms with Crippen LogP contribution in [0.5, 0.6) is 0 Å². The molecule has 0 aromatic heterocycles. The predicted molar refractivity (Wildman–Crippen MR) is 78.5 cm³/mol. The lowest BCUT2D eigenvalue weighted by Crippen LogP contribution is -2.30. The molecule has 118 valence electrons. The third-order valence-electron chi connectivity index (χ3n) is 3.78. The van der Waals surface area contributed by atoms with Gasteiger partial charge in [-0.15, -0.1) is 0 Å². The molecule has 2 atom stereocenters. The van der Waals surface area contributed by atoms with Gasteiger partial charge in [0.1, 0.15) is 12.2 Å². The van der Waals surface area contributed by atoms with Gasteiger partial charge in [0.2, 0.25) is 0 Å². The fourth-order valence-electron chi connectivity index (χ4n) is 2.47. The number of carbonyl (C=O) groups excluding carboxylic acids is 1. The van der Waals surface area contributed by atoms with Crippen LogP contribution in [0.15, 0.2) is 0 Å². The zero-order valence-corrected chi connectivity index (χ0v) is 12.8. The summed E-state index contributed by atoms with van der Waals surface area (Å²) in [6.07, 6.45) is 10.2. The molecule has 0 amide bonds. The first-order chi connectivity index (χ1) is 9.74. The normalized spacial score (nSPS) is 20.1. The molecule has 1 N–H and O–H groups in total. The Kier molecular flexibility index (Phi) is 9.67. The number of carbonyl (C=O) groups is 1. The topological polar surface area (TPSA) is 55.8 Å². The quantitative estimate of drug-likeness (QED) is 0.442. The van der Waals surface area contributed by atoms with Gasteiger partial charge in [-0.1, -0.05) is 51.9 Å². The van der Waals surface area contributed by atoms with Crippen LogP contribution in [0.2, 0.25) is 0 Å². The van der Waals surface area contributed by atoms with Crippen molar-refractivity contribution < 1.29 is 19.4 Å². The Morgan fingerprint density at radius 2 is 1.85 bits per heavy atom. The molecule has 0 saturated carbocycles. The van der Waals surface area contributed by atoms with E-state index >= 15 is 0 Å². The summed E-state index contributed by atoms with van der Waals surface area (Å²) in [5.41, 5.74) is 0. The molecule has 1 rings (SSSR count). The largest absolute Gasteiger partial charge is 0.459 e. The number of aliphatic hydroxyl groups excluding tert-OH is 1. The van der Waals surface area contributed by atoms with Crippen LogP contribution in [0.25, 0.3) is 0 Å². The van der Waals surface area contributed by atoms with Gasteiger partial charge in [0.15, 0.2) is 0 Å². The van der Waals surface area contributed by atoms with Gasteiger partial charge in [-0.05, 0) is 12.8 Å². The van der Waals surface area contributed by atoms with Crippen LogP contribution < -0.4 is 0 Å². The molecule has 0 unspecified atom stereocenters. The fraction of sp³-hybridized carbons (Fsp3) is 0.938. The van der Waals surface area contributed by atoms with Crippen molar-refractivity contribution in [1.29, 1.82) is 0 Å². The van der Waals surface area contributed by atoms with Crippen molar-refractivity contribution in [3.8, 4) is 0 Å². The zero-order chi connectivity index (χ0) is 14.6. The molecule has 0 radical (unpaired) electrons. The van der Waals surface area contributed by atoms with Crippen LogP contribution in [0, 0.1) is 0 Å². The molecular weight excluding hydrogens is 256 g/mol. The van der Waals surface area contributed by atoms with Gasteiger partial charge in [0.25, 0.3) is 0 Å². The van der Waals surface area contributed by atoms with Gasteiger partial charge in [0, 0.05) is 13.0 Å². The second kappa shape index (κ2) is 11.1. The van der Waals surface area contributed by atoms with Crippen LogP contribution in [-0.4, -0.2) is 36.5 Å². The van der Waals surface area contributed by atoms with Gasteiger partial charge in [0.05, 0.1) is 6.61 Å². The second-order valence-corrected chi connectivity index (χ2v) is 5.68. The predicted octanol–water partition coefficient (Wildman–Crippen LogP) is 3.21. The molecule has 1 heterocycles. The Hall–Kier alpha value is -0.610. The first-order valence-corrected chi connectivity index (χ1v) is 8.19. The molecule has 0 aromatic carbocycles. The van der Waals surface area contributed by atoms with E-state index < -0.39 is 6.10 Å². The first kappa shape index (κ1) is 17.4. The maximum absolute atomic E-state index is 10.9. The molecule has 1 aliphatic rings. The molecule has 0 spiro atoms. The van der Waals surface area contributed by atoms with E-state index in [-0.39, 0.29) is 18.7 Å². The maximum atomic E-state index is 10.9. The number of hydrogen-bond acceptors (Lipinski definition) is 4. The molecular formula is C16H30O4. The highest BCUT2D eigenvalue weighted by Gasteiger charge is 2.29. The van der Waals surface area contributed by atoms with E-state index in [2.05, 4.69) is 6.92 Å². The Balaban J connectivity index is 1.83. The minimum absolute atomic E-state index is 0.211. The summed E-state index contributed by atoms with van der Waals surface area (Å²) in [6, 6.07) is 0. The third-order valence-corrected chi connectivity index (χ3v) is 3.78. The minimum Gasteiger partial charge on any atom is -0.459 e. The van der Waals surface area contributed by atoms with Gasteiger partial charge in [-0.3, -0.25) is 4.79 Å². The number of ether oxygens (including phenoxy) is 2. The Labute approximate surface area is 122 Å². The molecule has 4 heteroatoms. The number of hydrogen-bond donors (Lipinski definition) is 1. The number of aliphatic hydroxyl groups is 1. The van der Waals surface area contributed by atoms with E-state index in [4.69, 9.17) is 9.47 Å². The van der Waals surface area contributed by atoms with Crippen molar-refractivity contribution in [2.45, 2.75) is 83.3 Å². The second-order valence-electron chi connectivity index (χ2n) is 5.68. The van der Waals surface area contributed by atoms with Gasteiger partial charge >= 0.3 is 5.97 Å². The van der Waals surface area contributed by atoms with Crippen molar-refractivity contribution in [3.05, 3.63) is 0 Å². The van der Waals surface area contributed by atoms with Gasteiger partial charge in [-0.25, -0.2) is 0 Å². The average molecular weight is 286 g/mol. The lowest BCUT2D eigenvalue weighted by atomic mass is 10.1. The molecule has 20 heavy (non-hydrogen) atoms. The monoisotopic (exact) mass is 286 g/mol. The fourth-order valence-corrected chi connectivity index (χ4v) is 2.47. The average Bonchev–Trinajstić information content (AvgIpc) is 2.87. The number of unbranched alkanes of at least 4 members (excludes halogenated alkanes) is 7. The summed E-state index contributed by atoms with van der Waals surface area (Å²) in [5.74, 6) is -0.211. The molecule has 0 bridgehead atoms. The van der Waals surface area contributed by atoms with Crippen molar-refractivity contribution in [2.75, 3.05) is 13.2 Å². The van der Waals surface area contributed by atoms with E-state index in [0.29, 0.717) is 19.4 Å². The summed E-state index contributed by atoms with van der Waals surface area (Å²) in [5, 5.41) is 9.79. The highest BCUT2D eigenvalue weighted by atomic mass is 16.6. The van der Waals surface area contributed by atoms with Crippen molar-refractivity contribution in [3.63, 3.8) is 0 Å². The Bertz CT molecular complexity index is 255. The number of cyclic esters (lactones) is 1. The van der Waals surface area contributed by atoms with Crippen LogP contribution in [0.4, 0.5) is 0 Å². The van der Waals surface area contributed by atoms with Crippen LogP contribution in [-0.2, 0) is 14.3 Å².